The van der Waals surface area contributed by atoms with Crippen LogP contribution in [-0.2, 0) is 25.2 Å². The highest BCUT2D eigenvalue weighted by Gasteiger charge is 2.41. The van der Waals surface area contributed by atoms with E-state index in [4.69, 9.17) is 9.47 Å². The number of halogens is 3. The predicted molar refractivity (Wildman–Crippen MR) is 98.1 cm³/mol. The molecule has 1 fully saturated rings. The van der Waals surface area contributed by atoms with Crippen LogP contribution in [-0.4, -0.2) is 67.9 Å². The Balaban J connectivity index is 1.79. The van der Waals surface area contributed by atoms with Gasteiger partial charge in [-0.25, -0.2) is 9.48 Å². The molecule has 1 saturated heterocycles. The minimum Gasteiger partial charge on any atom is -0.458 e. The summed E-state index contributed by atoms with van der Waals surface area (Å²) in [5.41, 5.74) is -2.08. The number of anilines is 1. The van der Waals surface area contributed by atoms with Crippen molar-refractivity contribution in [3.8, 4) is 5.69 Å². The first-order chi connectivity index (χ1) is 14.4. The topological polar surface area (TPSA) is 120 Å². The van der Waals surface area contributed by atoms with Gasteiger partial charge in [0, 0.05) is 12.3 Å². The minimum absolute atomic E-state index is 0.00183. The first-order valence-corrected chi connectivity index (χ1v) is 9.17. The van der Waals surface area contributed by atoms with Crippen LogP contribution in [0.3, 0.4) is 0 Å². The lowest BCUT2D eigenvalue weighted by Crippen LogP contribution is -2.55. The average Bonchev–Trinajstić information content (AvgIpc) is 3.16. The molecule has 2 atom stereocenters. The molecule has 0 unspecified atom stereocenters. The summed E-state index contributed by atoms with van der Waals surface area (Å²) < 4.78 is 50.0. The molecule has 1 aliphatic heterocycles. The molecule has 3 heterocycles. The highest BCUT2D eigenvalue weighted by atomic mass is 19.4. The SMILES string of the molecule is CC(C)(C)OC(=O)[C@H](O)[C@H]1OCCN(c2ccn(-c3cnnc(C(F)(F)F)c3)n2)C1=O. The molecule has 10 nitrogen and oxygen atoms in total. The summed E-state index contributed by atoms with van der Waals surface area (Å²) in [5, 5.41) is 20.7. The molecule has 0 aliphatic carbocycles. The number of alkyl halides is 3. The number of nitrogens with zero attached hydrogens (tertiary/aromatic N) is 5. The number of hydrogen-bond acceptors (Lipinski definition) is 8. The van der Waals surface area contributed by atoms with Crippen molar-refractivity contribution >= 4 is 17.7 Å². The number of morpholine rings is 1. The van der Waals surface area contributed by atoms with Gasteiger partial charge in [0.2, 0.25) is 0 Å². The van der Waals surface area contributed by atoms with E-state index in [1.165, 1.54) is 12.3 Å². The fraction of sp³-hybridized carbons (Fsp3) is 0.500. The van der Waals surface area contributed by atoms with E-state index in [2.05, 4.69) is 15.3 Å². The van der Waals surface area contributed by atoms with Crippen LogP contribution in [0.4, 0.5) is 19.0 Å². The maximum Gasteiger partial charge on any atom is 0.435 e. The summed E-state index contributed by atoms with van der Waals surface area (Å²) in [6.45, 7) is 4.89. The van der Waals surface area contributed by atoms with Gasteiger partial charge in [-0.05, 0) is 26.8 Å². The van der Waals surface area contributed by atoms with Gasteiger partial charge in [-0.1, -0.05) is 0 Å². The van der Waals surface area contributed by atoms with E-state index in [0.717, 1.165) is 21.8 Å². The minimum atomic E-state index is -4.68. The van der Waals surface area contributed by atoms with E-state index in [9.17, 15) is 27.9 Å². The molecular formula is C18H20F3N5O5. The zero-order valence-electron chi connectivity index (χ0n) is 16.8. The highest BCUT2D eigenvalue weighted by Crippen LogP contribution is 2.28. The predicted octanol–water partition coefficient (Wildman–Crippen LogP) is 1.12. The zero-order valence-corrected chi connectivity index (χ0v) is 16.8. The standard InChI is InChI=1S/C18H20F3N5O5/c1-17(2,3)31-16(29)13(27)14-15(28)25(6-7-30-14)12-4-5-26(24-12)10-8-11(18(19,20)21)23-22-9-10/h4-5,8-9,13-14,27H,6-7H2,1-3H3/t13-,14-/m1/s1. The number of ether oxygens (including phenoxy) is 2. The van der Waals surface area contributed by atoms with Gasteiger partial charge in [-0.2, -0.15) is 18.3 Å². The van der Waals surface area contributed by atoms with Crippen LogP contribution >= 0.6 is 0 Å². The van der Waals surface area contributed by atoms with E-state index in [1.54, 1.807) is 20.8 Å². The number of amides is 1. The molecule has 1 amide bonds. The van der Waals surface area contributed by atoms with Crippen LogP contribution in [0.5, 0.6) is 0 Å². The number of aliphatic hydroxyl groups excluding tert-OH is 1. The van der Waals surface area contributed by atoms with Crippen molar-refractivity contribution in [3.63, 3.8) is 0 Å². The van der Waals surface area contributed by atoms with Crippen LogP contribution in [0.25, 0.3) is 5.69 Å². The molecule has 0 spiro atoms. The van der Waals surface area contributed by atoms with Crippen molar-refractivity contribution in [2.24, 2.45) is 0 Å². The highest BCUT2D eigenvalue weighted by molar-refractivity contribution is 5.99. The number of aliphatic hydroxyl groups is 1. The molecule has 0 radical (unpaired) electrons. The quantitative estimate of drug-likeness (QED) is 0.698. The maximum absolute atomic E-state index is 12.9. The number of carbonyl (C=O) groups excluding carboxylic acids is 2. The van der Waals surface area contributed by atoms with Gasteiger partial charge in [0.1, 0.15) is 5.60 Å². The Morgan fingerprint density at radius 3 is 2.71 bits per heavy atom. The van der Waals surface area contributed by atoms with Gasteiger partial charge in [-0.3, -0.25) is 9.69 Å². The van der Waals surface area contributed by atoms with Crippen molar-refractivity contribution in [3.05, 3.63) is 30.2 Å². The molecule has 0 bridgehead atoms. The monoisotopic (exact) mass is 443 g/mol. The normalized spacial score (nSPS) is 18.7. The Bertz CT molecular complexity index is 972. The lowest BCUT2D eigenvalue weighted by molar-refractivity contribution is -0.177. The van der Waals surface area contributed by atoms with Gasteiger partial charge in [-0.15, -0.1) is 10.2 Å². The first-order valence-electron chi connectivity index (χ1n) is 9.17. The number of rotatable bonds is 4. The largest absolute Gasteiger partial charge is 0.458 e. The van der Waals surface area contributed by atoms with Crippen LogP contribution < -0.4 is 4.90 Å². The molecule has 1 aliphatic rings. The molecule has 1 N–H and O–H groups in total. The third-order valence-electron chi connectivity index (χ3n) is 4.10. The fourth-order valence-corrected chi connectivity index (χ4v) is 2.77. The van der Waals surface area contributed by atoms with Crippen LogP contribution in [0.1, 0.15) is 26.5 Å². The lowest BCUT2D eigenvalue weighted by atomic mass is 10.1. The van der Waals surface area contributed by atoms with E-state index in [-0.39, 0.29) is 24.7 Å². The van der Waals surface area contributed by atoms with Gasteiger partial charge in [0.15, 0.2) is 23.7 Å². The van der Waals surface area contributed by atoms with Crippen molar-refractivity contribution in [2.45, 2.75) is 44.8 Å². The summed E-state index contributed by atoms with van der Waals surface area (Å²) in [4.78, 5) is 26.0. The van der Waals surface area contributed by atoms with E-state index < -0.39 is 41.6 Å². The van der Waals surface area contributed by atoms with Gasteiger partial charge < -0.3 is 14.6 Å². The van der Waals surface area contributed by atoms with Crippen LogP contribution in [0, 0.1) is 0 Å². The molecule has 168 valence electrons. The first kappa shape index (κ1) is 22.6. The Kier molecular flexibility index (Phi) is 6.00. The second-order valence-corrected chi connectivity index (χ2v) is 7.67. The Morgan fingerprint density at radius 1 is 1.35 bits per heavy atom. The number of carbonyl (C=O) groups is 2. The number of esters is 1. The summed E-state index contributed by atoms with van der Waals surface area (Å²) in [6.07, 6.45) is -5.61. The number of aromatic nitrogens is 4. The molecule has 0 aromatic carbocycles. The van der Waals surface area contributed by atoms with Gasteiger partial charge in [0.25, 0.3) is 5.91 Å². The van der Waals surface area contributed by atoms with E-state index >= 15 is 0 Å². The van der Waals surface area contributed by atoms with E-state index in [0.29, 0.717) is 0 Å². The second-order valence-electron chi connectivity index (χ2n) is 7.67. The fourth-order valence-electron chi connectivity index (χ4n) is 2.77. The van der Waals surface area contributed by atoms with Crippen molar-refractivity contribution in [1.82, 2.24) is 20.0 Å². The van der Waals surface area contributed by atoms with E-state index in [1.807, 2.05) is 0 Å². The number of hydrogen-bond donors (Lipinski definition) is 1. The molecule has 3 rings (SSSR count). The average molecular weight is 443 g/mol. The summed E-state index contributed by atoms with van der Waals surface area (Å²) in [5.74, 6) is -1.65. The van der Waals surface area contributed by atoms with Gasteiger partial charge in [0.05, 0.1) is 25.0 Å². The smallest absolute Gasteiger partial charge is 0.435 e. The van der Waals surface area contributed by atoms with Crippen LogP contribution in [0.2, 0.25) is 0 Å². The molecular weight excluding hydrogens is 423 g/mol. The Morgan fingerprint density at radius 2 is 2.06 bits per heavy atom. The third-order valence-corrected chi connectivity index (χ3v) is 4.10. The van der Waals surface area contributed by atoms with Crippen molar-refractivity contribution in [1.29, 1.82) is 0 Å². The molecule has 13 heteroatoms. The Labute approximate surface area is 174 Å². The summed E-state index contributed by atoms with van der Waals surface area (Å²) >= 11 is 0. The maximum atomic E-state index is 12.9. The summed E-state index contributed by atoms with van der Waals surface area (Å²) in [6, 6.07) is 2.16. The Hall–Kier alpha value is -3.06. The molecule has 2 aromatic heterocycles. The van der Waals surface area contributed by atoms with Crippen molar-refractivity contribution < 1.29 is 37.3 Å². The zero-order chi connectivity index (χ0) is 23.0. The molecule has 2 aromatic rings. The van der Waals surface area contributed by atoms with Crippen molar-refractivity contribution in [2.75, 3.05) is 18.1 Å². The lowest BCUT2D eigenvalue weighted by Gasteiger charge is -2.33. The second kappa shape index (κ2) is 8.23. The van der Waals surface area contributed by atoms with Gasteiger partial charge >= 0.3 is 12.1 Å². The molecule has 31 heavy (non-hydrogen) atoms. The molecule has 0 saturated carbocycles. The third kappa shape index (κ3) is 5.17. The van der Waals surface area contributed by atoms with Crippen LogP contribution in [0.15, 0.2) is 24.5 Å². The summed E-state index contributed by atoms with van der Waals surface area (Å²) in [7, 11) is 0.